The maximum absolute atomic E-state index is 12.9. The molecule has 2 aliphatic rings. The van der Waals surface area contributed by atoms with Crippen LogP contribution in [0.5, 0.6) is 5.75 Å². The third-order valence-corrected chi connectivity index (χ3v) is 7.20. The normalized spacial score (nSPS) is 16.2. The van der Waals surface area contributed by atoms with Crippen molar-refractivity contribution in [1.82, 2.24) is 14.5 Å². The molecular weight excluding hydrogens is 486 g/mol. The van der Waals surface area contributed by atoms with Crippen LogP contribution >= 0.6 is 11.3 Å². The molecule has 2 fully saturated rings. The van der Waals surface area contributed by atoms with E-state index >= 15 is 0 Å². The molecule has 0 radical (unpaired) electrons. The summed E-state index contributed by atoms with van der Waals surface area (Å²) >= 11 is 1.35. The molecule has 3 aromatic rings. The van der Waals surface area contributed by atoms with Crippen molar-refractivity contribution in [3.8, 4) is 5.75 Å². The molecule has 1 N–H and O–H groups in total. The van der Waals surface area contributed by atoms with Gasteiger partial charge in [-0.25, -0.2) is 4.98 Å². The fourth-order valence-corrected chi connectivity index (χ4v) is 5.27. The van der Waals surface area contributed by atoms with Gasteiger partial charge < -0.3 is 28.6 Å². The number of fused-ring (bicyclic) bond motifs is 1. The average Bonchev–Trinajstić information content (AvgIpc) is 3.33. The summed E-state index contributed by atoms with van der Waals surface area (Å²) in [7, 11) is 1.58. The van der Waals surface area contributed by atoms with Crippen LogP contribution in [-0.2, 0) is 20.8 Å². The number of nitrogens with one attached hydrogen (secondary N) is 1. The third kappa shape index (κ3) is 5.06. The van der Waals surface area contributed by atoms with Gasteiger partial charge in [-0.3, -0.25) is 19.7 Å². The third-order valence-electron chi connectivity index (χ3n) is 6.21. The topological polar surface area (TPSA) is 115 Å². The monoisotopic (exact) mass is 513 g/mol. The maximum atomic E-state index is 12.9. The Morgan fingerprint density at radius 3 is 2.50 bits per heavy atom. The molecule has 5 rings (SSSR count). The van der Waals surface area contributed by atoms with Crippen LogP contribution in [0, 0.1) is 0 Å². The maximum Gasteiger partial charge on any atom is 0.257 e. The molecule has 2 amide bonds. The molecule has 36 heavy (non-hydrogen) atoms. The van der Waals surface area contributed by atoms with Gasteiger partial charge in [0.2, 0.25) is 5.91 Å². The Morgan fingerprint density at radius 2 is 1.81 bits per heavy atom. The van der Waals surface area contributed by atoms with Crippen LogP contribution in [0.4, 0.5) is 10.8 Å². The van der Waals surface area contributed by atoms with Crippen molar-refractivity contribution in [2.24, 2.45) is 0 Å². The van der Waals surface area contributed by atoms with E-state index in [0.29, 0.717) is 55.9 Å². The van der Waals surface area contributed by atoms with E-state index in [2.05, 4.69) is 15.2 Å². The molecule has 12 heteroatoms. The zero-order valence-corrected chi connectivity index (χ0v) is 20.7. The van der Waals surface area contributed by atoms with Crippen molar-refractivity contribution < 1.29 is 23.8 Å². The van der Waals surface area contributed by atoms with E-state index in [1.54, 1.807) is 12.0 Å². The Morgan fingerprint density at radius 1 is 1.08 bits per heavy atom. The number of anilines is 2. The van der Waals surface area contributed by atoms with Crippen molar-refractivity contribution in [3.63, 3.8) is 0 Å². The second kappa shape index (κ2) is 10.6. The molecule has 1 aromatic carbocycles. The quantitative estimate of drug-likeness (QED) is 0.526. The fourth-order valence-electron chi connectivity index (χ4n) is 4.25. The molecule has 0 bridgehead atoms. The Kier molecular flexibility index (Phi) is 7.16. The van der Waals surface area contributed by atoms with Crippen LogP contribution in [0.3, 0.4) is 0 Å². The van der Waals surface area contributed by atoms with Gasteiger partial charge in [-0.15, -0.1) is 0 Å². The summed E-state index contributed by atoms with van der Waals surface area (Å²) in [5, 5.41) is 3.20. The second-order valence-corrected chi connectivity index (χ2v) is 9.41. The van der Waals surface area contributed by atoms with Gasteiger partial charge in [0, 0.05) is 44.0 Å². The SMILES string of the molecule is COc1ccc(N2CCOCC2)c2sc(NC(=O)c3ccn(CC(=O)N4CCOCC4)c(=O)c3)nc12. The van der Waals surface area contributed by atoms with Crippen molar-refractivity contribution in [2.45, 2.75) is 6.54 Å². The average molecular weight is 514 g/mol. The number of morpholine rings is 2. The van der Waals surface area contributed by atoms with E-state index in [1.165, 1.54) is 34.2 Å². The summed E-state index contributed by atoms with van der Waals surface area (Å²) in [4.78, 5) is 46.5. The second-order valence-electron chi connectivity index (χ2n) is 8.41. The number of rotatable bonds is 6. The van der Waals surface area contributed by atoms with E-state index in [0.717, 1.165) is 23.5 Å². The van der Waals surface area contributed by atoms with E-state index in [4.69, 9.17) is 14.2 Å². The van der Waals surface area contributed by atoms with Crippen molar-refractivity contribution in [2.75, 3.05) is 69.9 Å². The largest absolute Gasteiger partial charge is 0.494 e. The number of amides is 2. The summed E-state index contributed by atoms with van der Waals surface area (Å²) in [6.45, 7) is 4.76. The summed E-state index contributed by atoms with van der Waals surface area (Å²) < 4.78 is 18.4. The van der Waals surface area contributed by atoms with E-state index in [1.807, 2.05) is 12.1 Å². The molecule has 0 aliphatic carbocycles. The highest BCUT2D eigenvalue weighted by molar-refractivity contribution is 7.23. The Hall–Kier alpha value is -3.48. The highest BCUT2D eigenvalue weighted by atomic mass is 32.1. The lowest BCUT2D eigenvalue weighted by Gasteiger charge is -2.29. The number of hydrogen-bond acceptors (Lipinski definition) is 9. The van der Waals surface area contributed by atoms with Gasteiger partial charge in [-0.2, -0.15) is 0 Å². The van der Waals surface area contributed by atoms with Crippen LogP contribution in [0.2, 0.25) is 0 Å². The van der Waals surface area contributed by atoms with Gasteiger partial charge in [0.05, 0.1) is 43.9 Å². The van der Waals surface area contributed by atoms with E-state index in [-0.39, 0.29) is 18.0 Å². The molecule has 190 valence electrons. The Labute approximate surface area is 211 Å². The molecule has 11 nitrogen and oxygen atoms in total. The van der Waals surface area contributed by atoms with Crippen LogP contribution < -0.4 is 20.5 Å². The summed E-state index contributed by atoms with van der Waals surface area (Å²) in [6, 6.07) is 6.62. The van der Waals surface area contributed by atoms with Crippen molar-refractivity contribution in [3.05, 3.63) is 46.4 Å². The summed E-state index contributed by atoms with van der Waals surface area (Å²) in [6.07, 6.45) is 1.47. The minimum absolute atomic E-state index is 0.0806. The first kappa shape index (κ1) is 24.2. The van der Waals surface area contributed by atoms with Crippen LogP contribution in [0.25, 0.3) is 10.2 Å². The number of ether oxygens (including phenoxy) is 3. The van der Waals surface area contributed by atoms with Crippen LogP contribution in [0.1, 0.15) is 10.4 Å². The van der Waals surface area contributed by atoms with Crippen molar-refractivity contribution in [1.29, 1.82) is 0 Å². The number of methoxy groups -OCH3 is 1. The zero-order chi connectivity index (χ0) is 25.1. The number of pyridine rings is 1. The number of nitrogens with zero attached hydrogens (tertiary/aromatic N) is 4. The van der Waals surface area contributed by atoms with E-state index in [9.17, 15) is 14.4 Å². The van der Waals surface area contributed by atoms with Gasteiger partial charge >= 0.3 is 0 Å². The number of carbonyl (C=O) groups is 2. The Bertz CT molecular complexity index is 1330. The van der Waals surface area contributed by atoms with Gasteiger partial charge in [-0.05, 0) is 18.2 Å². The van der Waals surface area contributed by atoms with Crippen LogP contribution in [0.15, 0.2) is 35.3 Å². The predicted molar refractivity (Wildman–Crippen MR) is 135 cm³/mol. The minimum atomic E-state index is -0.454. The zero-order valence-electron chi connectivity index (χ0n) is 19.9. The number of carbonyl (C=O) groups excluding carboxylic acids is 2. The highest BCUT2D eigenvalue weighted by Gasteiger charge is 2.21. The molecule has 2 aliphatic heterocycles. The van der Waals surface area contributed by atoms with Crippen LogP contribution in [-0.4, -0.2) is 86.0 Å². The summed E-state index contributed by atoms with van der Waals surface area (Å²) in [5.74, 6) is 0.00749. The molecule has 0 saturated carbocycles. The number of benzene rings is 1. The molecule has 2 saturated heterocycles. The van der Waals surface area contributed by atoms with Gasteiger partial charge in [0.1, 0.15) is 17.8 Å². The Balaban J connectivity index is 1.33. The molecular formula is C24H27N5O6S. The molecule has 0 atom stereocenters. The lowest BCUT2D eigenvalue weighted by Crippen LogP contribution is -2.43. The number of hydrogen-bond donors (Lipinski definition) is 1. The number of aromatic nitrogens is 2. The first-order valence-electron chi connectivity index (χ1n) is 11.7. The fraction of sp³-hybridized carbons (Fsp3) is 0.417. The first-order chi connectivity index (χ1) is 17.5. The van der Waals surface area contributed by atoms with Gasteiger partial charge in [-0.1, -0.05) is 11.3 Å². The lowest BCUT2D eigenvalue weighted by atomic mass is 10.2. The number of thiazole rings is 1. The molecule has 4 heterocycles. The standard InChI is InChI=1S/C24H27N5O6S/c1-33-18-3-2-17(27-6-10-34-11-7-27)22-21(18)25-24(36-22)26-23(32)16-4-5-29(19(30)14-16)15-20(31)28-8-12-35-13-9-28/h2-5,14H,6-13,15H2,1H3,(H,25,26,32). The first-order valence-corrected chi connectivity index (χ1v) is 12.5. The molecule has 2 aromatic heterocycles. The highest BCUT2D eigenvalue weighted by Crippen LogP contribution is 2.39. The van der Waals surface area contributed by atoms with E-state index < -0.39 is 11.5 Å². The predicted octanol–water partition coefficient (Wildman–Crippen LogP) is 1.41. The van der Waals surface area contributed by atoms with Crippen molar-refractivity contribution >= 4 is 44.2 Å². The smallest absolute Gasteiger partial charge is 0.257 e. The van der Waals surface area contributed by atoms with Gasteiger partial charge in [0.25, 0.3) is 11.5 Å². The molecule has 0 unspecified atom stereocenters. The van der Waals surface area contributed by atoms with Gasteiger partial charge in [0.15, 0.2) is 5.13 Å². The lowest BCUT2D eigenvalue weighted by molar-refractivity contribution is -0.135. The molecule has 0 spiro atoms. The summed E-state index contributed by atoms with van der Waals surface area (Å²) in [5.41, 5.74) is 1.44. The minimum Gasteiger partial charge on any atom is -0.494 e.